The molecule has 3 aromatic rings. The van der Waals surface area contributed by atoms with Crippen LogP contribution < -0.4 is 20.3 Å². The Kier molecular flexibility index (Phi) is 7.87. The number of rotatable bonds is 9. The lowest BCUT2D eigenvalue weighted by Gasteiger charge is -2.38. The van der Waals surface area contributed by atoms with Crippen LogP contribution in [0, 0.1) is 11.3 Å². The second-order valence-corrected chi connectivity index (χ2v) is 12.4. The number of likely N-dealkylation sites (tertiary alicyclic amines) is 1. The first-order valence-corrected chi connectivity index (χ1v) is 14.8. The zero-order valence-corrected chi connectivity index (χ0v) is 23.9. The van der Waals surface area contributed by atoms with Crippen LogP contribution >= 0.6 is 11.3 Å². The second-order valence-electron chi connectivity index (χ2n) is 11.4. The number of amides is 1. The van der Waals surface area contributed by atoms with Gasteiger partial charge in [-0.3, -0.25) is 9.69 Å². The van der Waals surface area contributed by atoms with Gasteiger partial charge in [-0.1, -0.05) is 11.3 Å². The van der Waals surface area contributed by atoms with Crippen LogP contribution in [0.4, 0.5) is 29.3 Å². The Morgan fingerprint density at radius 3 is 2.74 bits per heavy atom. The number of methoxy groups -OCH3 is 1. The van der Waals surface area contributed by atoms with Crippen LogP contribution in [0.5, 0.6) is 5.75 Å². The summed E-state index contributed by atoms with van der Waals surface area (Å²) in [6.45, 7) is 3.31. The standard InChI is InChI=1S/C27H32F3N9O2S/c1-41-20-5-4-18(32-23(20)27(28,29)30)14-38-13-17(12-26(16-38)7-8-26)11-22(40)34-25-37-36-24(42-25)33-19-6-10-39(15-19)21-3-2-9-31-35-21/h2-5,9,17,19H,6-8,10-16H2,1H3,(H,33,36)(H,34,37,40)/t17?,19-/m1/s1. The van der Waals surface area contributed by atoms with E-state index in [9.17, 15) is 18.0 Å². The summed E-state index contributed by atoms with van der Waals surface area (Å²) in [4.78, 5) is 21.1. The van der Waals surface area contributed by atoms with Crippen LogP contribution in [0.1, 0.15) is 43.5 Å². The van der Waals surface area contributed by atoms with Gasteiger partial charge in [-0.2, -0.15) is 18.3 Å². The quantitative estimate of drug-likeness (QED) is 0.370. The summed E-state index contributed by atoms with van der Waals surface area (Å²) in [6, 6.07) is 6.87. The van der Waals surface area contributed by atoms with Crippen molar-refractivity contribution in [3.05, 3.63) is 41.9 Å². The molecule has 0 bridgehead atoms. The Morgan fingerprint density at radius 1 is 1.17 bits per heavy atom. The predicted molar refractivity (Wildman–Crippen MR) is 150 cm³/mol. The van der Waals surface area contributed by atoms with Crippen LogP contribution in [0.3, 0.4) is 0 Å². The highest BCUT2D eigenvalue weighted by Gasteiger charge is 2.48. The molecule has 6 rings (SSSR count). The fraction of sp³-hybridized carbons (Fsp3) is 0.556. The molecule has 224 valence electrons. The van der Waals surface area contributed by atoms with E-state index in [1.165, 1.54) is 24.5 Å². The minimum absolute atomic E-state index is 0.0812. The van der Waals surface area contributed by atoms with E-state index >= 15 is 0 Å². The Bertz CT molecular complexity index is 1400. The van der Waals surface area contributed by atoms with Crippen molar-refractivity contribution in [2.75, 3.05) is 48.8 Å². The SMILES string of the molecule is COc1ccc(CN2CC(CC(=O)Nc3nnc(N[C@@H]4CCN(c5cccnn5)C4)s3)CC3(CC3)C2)nc1C(F)(F)F. The van der Waals surface area contributed by atoms with E-state index in [0.717, 1.165) is 51.1 Å². The Balaban J connectivity index is 1.02. The van der Waals surface area contributed by atoms with Gasteiger partial charge >= 0.3 is 6.18 Å². The molecule has 2 atom stereocenters. The zero-order valence-electron chi connectivity index (χ0n) is 23.1. The number of carbonyl (C=O) groups is 1. The van der Waals surface area contributed by atoms with Crippen molar-refractivity contribution in [1.82, 2.24) is 30.3 Å². The highest BCUT2D eigenvalue weighted by atomic mass is 32.1. The first-order chi connectivity index (χ1) is 20.2. The molecule has 1 amide bonds. The van der Waals surface area contributed by atoms with Gasteiger partial charge in [0, 0.05) is 51.4 Å². The molecule has 3 fully saturated rings. The highest BCUT2D eigenvalue weighted by molar-refractivity contribution is 7.19. The lowest BCUT2D eigenvalue weighted by atomic mass is 9.84. The minimum Gasteiger partial charge on any atom is -0.494 e. The lowest BCUT2D eigenvalue weighted by molar-refractivity contribution is -0.142. The van der Waals surface area contributed by atoms with Crippen molar-refractivity contribution in [2.45, 2.75) is 50.9 Å². The van der Waals surface area contributed by atoms with E-state index in [1.807, 2.05) is 12.1 Å². The molecule has 0 aromatic carbocycles. The first-order valence-electron chi connectivity index (χ1n) is 13.9. The number of hydrogen-bond acceptors (Lipinski definition) is 11. The topological polar surface area (TPSA) is 121 Å². The van der Waals surface area contributed by atoms with Gasteiger partial charge in [0.2, 0.25) is 16.2 Å². The van der Waals surface area contributed by atoms with Gasteiger partial charge in [0.25, 0.3) is 0 Å². The summed E-state index contributed by atoms with van der Waals surface area (Å²) in [5.74, 6) is 0.489. The van der Waals surface area contributed by atoms with E-state index in [2.05, 4.69) is 45.8 Å². The van der Waals surface area contributed by atoms with E-state index in [4.69, 9.17) is 4.74 Å². The molecule has 1 saturated carbocycles. The van der Waals surface area contributed by atoms with Crippen molar-refractivity contribution in [1.29, 1.82) is 0 Å². The third-order valence-electron chi connectivity index (χ3n) is 8.09. The number of carbonyl (C=O) groups excluding carboxylic acids is 1. The molecule has 2 saturated heterocycles. The molecule has 1 unspecified atom stereocenters. The molecule has 1 spiro atoms. The maximum atomic E-state index is 13.5. The van der Waals surface area contributed by atoms with Crippen molar-refractivity contribution in [3.63, 3.8) is 0 Å². The van der Waals surface area contributed by atoms with Crippen LogP contribution in [0.2, 0.25) is 0 Å². The number of nitrogens with zero attached hydrogens (tertiary/aromatic N) is 7. The Labute approximate surface area is 244 Å². The molecular weight excluding hydrogens is 571 g/mol. The van der Waals surface area contributed by atoms with Gasteiger partial charge < -0.3 is 20.3 Å². The molecule has 5 heterocycles. The maximum Gasteiger partial charge on any atom is 0.437 e. The second kappa shape index (κ2) is 11.6. The number of hydrogen-bond donors (Lipinski definition) is 2. The van der Waals surface area contributed by atoms with Gasteiger partial charge in [-0.25, -0.2) is 4.98 Å². The number of alkyl halides is 3. The van der Waals surface area contributed by atoms with E-state index in [1.54, 1.807) is 12.3 Å². The first kappa shape index (κ1) is 28.5. The summed E-state index contributed by atoms with van der Waals surface area (Å²) < 4.78 is 45.3. The molecule has 2 N–H and O–H groups in total. The van der Waals surface area contributed by atoms with Crippen LogP contribution in [-0.2, 0) is 17.5 Å². The predicted octanol–water partition coefficient (Wildman–Crippen LogP) is 4.07. The minimum atomic E-state index is -4.60. The Hall–Kier alpha value is -3.59. The molecule has 11 nitrogen and oxygen atoms in total. The fourth-order valence-corrected chi connectivity index (χ4v) is 6.84. The number of halogens is 3. The largest absolute Gasteiger partial charge is 0.494 e. The van der Waals surface area contributed by atoms with E-state index in [0.29, 0.717) is 28.9 Å². The lowest BCUT2D eigenvalue weighted by Crippen LogP contribution is -2.42. The smallest absolute Gasteiger partial charge is 0.437 e. The summed E-state index contributed by atoms with van der Waals surface area (Å²) in [5, 5.41) is 23.8. The third kappa shape index (κ3) is 6.72. The van der Waals surface area contributed by atoms with Crippen molar-refractivity contribution in [3.8, 4) is 5.75 Å². The van der Waals surface area contributed by atoms with Gasteiger partial charge in [0.1, 0.15) is 5.75 Å². The number of nitrogens with one attached hydrogen (secondary N) is 2. The number of pyridine rings is 1. The average molecular weight is 604 g/mol. The monoisotopic (exact) mass is 603 g/mol. The maximum absolute atomic E-state index is 13.5. The van der Waals surface area contributed by atoms with Crippen molar-refractivity contribution < 1.29 is 22.7 Å². The van der Waals surface area contributed by atoms with Crippen LogP contribution in [-0.4, -0.2) is 75.5 Å². The van der Waals surface area contributed by atoms with E-state index < -0.39 is 11.9 Å². The summed E-state index contributed by atoms with van der Waals surface area (Å²) >= 11 is 1.30. The van der Waals surface area contributed by atoms with Gasteiger partial charge in [0.05, 0.1) is 12.8 Å². The average Bonchev–Trinajstić information content (AvgIpc) is 3.31. The highest BCUT2D eigenvalue weighted by Crippen LogP contribution is 2.54. The molecule has 2 aliphatic heterocycles. The van der Waals surface area contributed by atoms with Crippen LogP contribution in [0.25, 0.3) is 0 Å². The van der Waals surface area contributed by atoms with Gasteiger partial charge in [-0.05, 0) is 61.3 Å². The van der Waals surface area contributed by atoms with Crippen molar-refractivity contribution >= 4 is 33.3 Å². The summed E-state index contributed by atoms with van der Waals surface area (Å²) in [7, 11) is 1.20. The molecule has 15 heteroatoms. The van der Waals surface area contributed by atoms with E-state index in [-0.39, 0.29) is 35.6 Å². The van der Waals surface area contributed by atoms with Gasteiger partial charge in [0.15, 0.2) is 11.5 Å². The molecule has 3 aromatic heterocycles. The number of ether oxygens (including phenoxy) is 1. The van der Waals surface area contributed by atoms with Gasteiger partial charge in [-0.15, -0.1) is 15.3 Å². The Morgan fingerprint density at radius 2 is 2.00 bits per heavy atom. The zero-order chi connectivity index (χ0) is 29.3. The van der Waals surface area contributed by atoms with Crippen molar-refractivity contribution in [2.24, 2.45) is 11.3 Å². The number of anilines is 3. The third-order valence-corrected chi connectivity index (χ3v) is 8.86. The molecule has 3 aliphatic rings. The molecule has 1 aliphatic carbocycles. The molecule has 42 heavy (non-hydrogen) atoms. The number of piperidine rings is 1. The van der Waals surface area contributed by atoms with Crippen LogP contribution in [0.15, 0.2) is 30.5 Å². The number of aromatic nitrogens is 5. The summed E-state index contributed by atoms with van der Waals surface area (Å²) in [6.07, 6.45) is 1.32. The molecule has 0 radical (unpaired) electrons. The summed E-state index contributed by atoms with van der Waals surface area (Å²) in [5.41, 5.74) is -0.554. The molecular formula is C27H32F3N9O2S. The fourth-order valence-electron chi connectivity index (χ4n) is 6.10. The normalized spacial score (nSPS) is 21.9.